The van der Waals surface area contributed by atoms with E-state index < -0.39 is 0 Å². The van der Waals surface area contributed by atoms with Gasteiger partial charge in [-0.15, -0.1) is 0 Å². The number of ether oxygens (including phenoxy) is 1. The highest BCUT2D eigenvalue weighted by atomic mass is 32.1. The van der Waals surface area contributed by atoms with E-state index in [1.165, 1.54) is 0 Å². The van der Waals surface area contributed by atoms with Gasteiger partial charge in [0.15, 0.2) is 10.6 Å². The van der Waals surface area contributed by atoms with Crippen molar-refractivity contribution in [3.63, 3.8) is 0 Å². The first-order valence-electron chi connectivity index (χ1n) is 4.91. The number of nitrogens with one attached hydrogen (secondary N) is 1. The van der Waals surface area contributed by atoms with E-state index in [0.29, 0.717) is 10.5 Å². The molecule has 2 rings (SSSR count). The minimum Gasteiger partial charge on any atom is -0.494 e. The molecule has 84 valence electrons. The maximum absolute atomic E-state index is 5.24. The Kier molecular flexibility index (Phi) is 3.00. The van der Waals surface area contributed by atoms with E-state index in [1.54, 1.807) is 19.5 Å². The van der Waals surface area contributed by atoms with Gasteiger partial charge in [0.25, 0.3) is 0 Å². The molecule has 0 saturated carbocycles. The summed E-state index contributed by atoms with van der Waals surface area (Å²) in [6.07, 6.45) is 3.36. The first-order chi connectivity index (χ1) is 7.77. The lowest BCUT2D eigenvalue weighted by Gasteiger charge is -2.07. The highest BCUT2D eigenvalue weighted by Gasteiger charge is 2.12. The summed E-state index contributed by atoms with van der Waals surface area (Å²) in [7, 11) is 1.61. The van der Waals surface area contributed by atoms with Gasteiger partial charge in [0.1, 0.15) is 5.75 Å². The van der Waals surface area contributed by atoms with Crippen LogP contribution >= 0.6 is 12.2 Å². The van der Waals surface area contributed by atoms with Gasteiger partial charge in [0.2, 0.25) is 0 Å². The molecule has 0 atom stereocenters. The van der Waals surface area contributed by atoms with Crippen molar-refractivity contribution in [2.45, 2.75) is 13.5 Å². The van der Waals surface area contributed by atoms with Crippen LogP contribution in [0.5, 0.6) is 5.75 Å². The van der Waals surface area contributed by atoms with Crippen LogP contribution in [0.3, 0.4) is 0 Å². The summed E-state index contributed by atoms with van der Waals surface area (Å²) in [5.74, 6) is 1.46. The highest BCUT2D eigenvalue weighted by molar-refractivity contribution is 7.71. The molecule has 0 aliphatic rings. The minimum absolute atomic E-state index is 0.608. The summed E-state index contributed by atoms with van der Waals surface area (Å²) in [5, 5.41) is 6.98. The number of hydrogen-bond acceptors (Lipinski definition) is 4. The van der Waals surface area contributed by atoms with Gasteiger partial charge in [-0.25, -0.2) is 0 Å². The van der Waals surface area contributed by atoms with Crippen molar-refractivity contribution >= 4 is 12.2 Å². The second kappa shape index (κ2) is 4.44. The molecule has 6 heteroatoms. The Balaban J connectivity index is 2.62. The summed E-state index contributed by atoms with van der Waals surface area (Å²) < 4.78 is 7.76. The van der Waals surface area contributed by atoms with Crippen LogP contribution in [0.4, 0.5) is 0 Å². The van der Waals surface area contributed by atoms with Gasteiger partial charge in [-0.2, -0.15) is 5.10 Å². The molecule has 0 amide bonds. The predicted octanol–water partition coefficient (Wildman–Crippen LogP) is 2.03. The molecule has 2 aromatic rings. The fourth-order valence-corrected chi connectivity index (χ4v) is 1.81. The standard InChI is InChI=1S/C10H12N4OS/c1-3-14-9(12-13-10(14)16)7-4-5-11-6-8(7)15-2/h4-6H,3H2,1-2H3,(H,13,16). The Labute approximate surface area is 98.1 Å². The molecule has 0 bridgehead atoms. The SMILES string of the molecule is CCn1c(-c2ccncc2OC)n[nH]c1=S. The largest absolute Gasteiger partial charge is 0.494 e. The Morgan fingerprint density at radius 3 is 3.06 bits per heavy atom. The summed E-state index contributed by atoms with van der Waals surface area (Å²) in [5.41, 5.74) is 0.881. The van der Waals surface area contributed by atoms with Crippen molar-refractivity contribution in [3.8, 4) is 17.1 Å². The van der Waals surface area contributed by atoms with Crippen LogP contribution in [0.2, 0.25) is 0 Å². The molecule has 0 radical (unpaired) electrons. The number of pyridine rings is 1. The molecule has 1 N–H and O–H groups in total. The highest BCUT2D eigenvalue weighted by Crippen LogP contribution is 2.26. The molecule has 16 heavy (non-hydrogen) atoms. The molecular weight excluding hydrogens is 224 g/mol. The molecule has 5 nitrogen and oxygen atoms in total. The minimum atomic E-state index is 0.608. The molecule has 0 unspecified atom stereocenters. The average Bonchev–Trinajstić information content (AvgIpc) is 2.70. The van der Waals surface area contributed by atoms with E-state index in [9.17, 15) is 0 Å². The van der Waals surface area contributed by atoms with Gasteiger partial charge < -0.3 is 9.30 Å². The number of aromatic nitrogens is 4. The Bertz CT molecular complexity index is 546. The number of methoxy groups -OCH3 is 1. The van der Waals surface area contributed by atoms with E-state index in [-0.39, 0.29) is 0 Å². The first kappa shape index (κ1) is 10.8. The van der Waals surface area contributed by atoms with Crippen LogP contribution in [0.25, 0.3) is 11.4 Å². The van der Waals surface area contributed by atoms with Crippen molar-refractivity contribution in [3.05, 3.63) is 23.2 Å². The van der Waals surface area contributed by atoms with Gasteiger partial charge in [-0.05, 0) is 25.2 Å². The zero-order valence-electron chi connectivity index (χ0n) is 9.10. The van der Waals surface area contributed by atoms with Crippen LogP contribution in [0, 0.1) is 4.77 Å². The van der Waals surface area contributed by atoms with E-state index in [0.717, 1.165) is 17.9 Å². The number of rotatable bonds is 3. The van der Waals surface area contributed by atoms with Gasteiger partial charge >= 0.3 is 0 Å². The van der Waals surface area contributed by atoms with Crippen molar-refractivity contribution in [2.75, 3.05) is 7.11 Å². The lowest BCUT2D eigenvalue weighted by atomic mass is 10.2. The van der Waals surface area contributed by atoms with E-state index in [4.69, 9.17) is 17.0 Å². The average molecular weight is 236 g/mol. The van der Waals surface area contributed by atoms with E-state index >= 15 is 0 Å². The van der Waals surface area contributed by atoms with Crippen LogP contribution in [-0.4, -0.2) is 26.9 Å². The van der Waals surface area contributed by atoms with Crippen molar-refractivity contribution in [1.82, 2.24) is 19.7 Å². The number of hydrogen-bond donors (Lipinski definition) is 1. The summed E-state index contributed by atoms with van der Waals surface area (Å²) in [6, 6.07) is 1.86. The molecule has 0 saturated heterocycles. The second-order valence-corrected chi connectivity index (χ2v) is 3.56. The third-order valence-electron chi connectivity index (χ3n) is 2.32. The zero-order chi connectivity index (χ0) is 11.5. The molecule has 2 heterocycles. The van der Waals surface area contributed by atoms with Gasteiger partial charge in [0.05, 0.1) is 18.9 Å². The first-order valence-corrected chi connectivity index (χ1v) is 5.32. The molecule has 2 aromatic heterocycles. The van der Waals surface area contributed by atoms with Crippen LogP contribution in [0.15, 0.2) is 18.5 Å². The zero-order valence-corrected chi connectivity index (χ0v) is 9.91. The van der Waals surface area contributed by atoms with Crippen LogP contribution in [0.1, 0.15) is 6.92 Å². The number of aromatic amines is 1. The fourth-order valence-electron chi connectivity index (χ4n) is 1.54. The molecule has 0 spiro atoms. The summed E-state index contributed by atoms with van der Waals surface area (Å²) in [6.45, 7) is 2.78. The lowest BCUT2D eigenvalue weighted by molar-refractivity contribution is 0.414. The normalized spacial score (nSPS) is 10.4. The van der Waals surface area contributed by atoms with Crippen molar-refractivity contribution in [2.24, 2.45) is 0 Å². The van der Waals surface area contributed by atoms with Crippen LogP contribution < -0.4 is 4.74 Å². The molecule has 0 aliphatic carbocycles. The van der Waals surface area contributed by atoms with Crippen molar-refractivity contribution < 1.29 is 4.74 Å². The molecule has 0 aliphatic heterocycles. The number of H-pyrrole nitrogens is 1. The number of nitrogens with zero attached hydrogens (tertiary/aromatic N) is 3. The Morgan fingerprint density at radius 1 is 1.56 bits per heavy atom. The molecule has 0 aromatic carbocycles. The fraction of sp³-hybridized carbons (Fsp3) is 0.300. The van der Waals surface area contributed by atoms with Crippen LogP contribution in [-0.2, 0) is 6.54 Å². The van der Waals surface area contributed by atoms with E-state index in [1.807, 2.05) is 17.6 Å². The third kappa shape index (κ3) is 1.71. The summed E-state index contributed by atoms with van der Waals surface area (Å²) >= 11 is 5.14. The summed E-state index contributed by atoms with van der Waals surface area (Å²) in [4.78, 5) is 4.01. The lowest BCUT2D eigenvalue weighted by Crippen LogP contribution is -1.99. The second-order valence-electron chi connectivity index (χ2n) is 3.17. The third-order valence-corrected chi connectivity index (χ3v) is 2.63. The topological polar surface area (TPSA) is 55.7 Å². The smallest absolute Gasteiger partial charge is 0.195 e. The van der Waals surface area contributed by atoms with E-state index in [2.05, 4.69) is 15.2 Å². The van der Waals surface area contributed by atoms with Gasteiger partial charge in [0, 0.05) is 12.7 Å². The predicted molar refractivity (Wildman–Crippen MR) is 62.9 cm³/mol. The Morgan fingerprint density at radius 2 is 2.38 bits per heavy atom. The molecular formula is C10H12N4OS. The van der Waals surface area contributed by atoms with Gasteiger partial charge in [-0.1, -0.05) is 0 Å². The maximum atomic E-state index is 5.24. The van der Waals surface area contributed by atoms with Crippen molar-refractivity contribution in [1.29, 1.82) is 0 Å². The Hall–Kier alpha value is -1.69. The molecule has 0 fully saturated rings. The van der Waals surface area contributed by atoms with Gasteiger partial charge in [-0.3, -0.25) is 10.1 Å². The monoisotopic (exact) mass is 236 g/mol. The quantitative estimate of drug-likeness (QED) is 0.828. The maximum Gasteiger partial charge on any atom is 0.195 e.